The molecule has 0 aromatic heterocycles. The van der Waals surface area contributed by atoms with Crippen LogP contribution in [0.4, 0.5) is 0 Å². The molecular formula is C12H19ClN2O2. The van der Waals surface area contributed by atoms with Crippen molar-refractivity contribution < 1.29 is 9.59 Å². The number of amides is 2. The van der Waals surface area contributed by atoms with E-state index in [0.717, 1.165) is 5.57 Å². The van der Waals surface area contributed by atoms with E-state index in [0.29, 0.717) is 19.4 Å². The Kier molecular flexibility index (Phi) is 4.57. The SMILES string of the molecule is CCC1(CC)C(=O)NCC(=O)N1CC(C)=CCl. The van der Waals surface area contributed by atoms with Crippen molar-refractivity contribution in [3.63, 3.8) is 0 Å². The summed E-state index contributed by atoms with van der Waals surface area (Å²) in [7, 11) is 0. The van der Waals surface area contributed by atoms with Crippen molar-refractivity contribution in [3.8, 4) is 0 Å². The molecule has 1 saturated heterocycles. The summed E-state index contributed by atoms with van der Waals surface area (Å²) >= 11 is 5.63. The zero-order chi connectivity index (χ0) is 13.1. The molecular weight excluding hydrogens is 240 g/mol. The van der Waals surface area contributed by atoms with Gasteiger partial charge in [0.25, 0.3) is 0 Å². The highest BCUT2D eigenvalue weighted by atomic mass is 35.5. The third-order valence-electron chi connectivity index (χ3n) is 3.40. The largest absolute Gasteiger partial charge is 0.345 e. The van der Waals surface area contributed by atoms with Gasteiger partial charge in [-0.3, -0.25) is 9.59 Å². The first-order valence-electron chi connectivity index (χ1n) is 5.86. The van der Waals surface area contributed by atoms with Gasteiger partial charge in [-0.05, 0) is 25.3 Å². The summed E-state index contributed by atoms with van der Waals surface area (Å²) in [4.78, 5) is 25.7. The van der Waals surface area contributed by atoms with Crippen molar-refractivity contribution in [2.75, 3.05) is 13.1 Å². The van der Waals surface area contributed by atoms with Crippen molar-refractivity contribution in [2.24, 2.45) is 0 Å². The molecule has 1 aliphatic rings. The van der Waals surface area contributed by atoms with E-state index in [1.807, 2.05) is 20.8 Å². The lowest BCUT2D eigenvalue weighted by Crippen LogP contribution is -2.67. The van der Waals surface area contributed by atoms with E-state index >= 15 is 0 Å². The molecule has 0 unspecified atom stereocenters. The van der Waals surface area contributed by atoms with E-state index in [2.05, 4.69) is 5.32 Å². The van der Waals surface area contributed by atoms with Gasteiger partial charge in [0.1, 0.15) is 5.54 Å². The molecule has 2 amide bonds. The van der Waals surface area contributed by atoms with E-state index in [1.165, 1.54) is 5.54 Å². The Morgan fingerprint density at radius 2 is 2.06 bits per heavy atom. The van der Waals surface area contributed by atoms with Crippen LogP contribution in [0.1, 0.15) is 33.6 Å². The van der Waals surface area contributed by atoms with Gasteiger partial charge in [-0.1, -0.05) is 25.4 Å². The number of rotatable bonds is 4. The molecule has 0 saturated carbocycles. The van der Waals surface area contributed by atoms with E-state index in [9.17, 15) is 9.59 Å². The number of nitrogens with one attached hydrogen (secondary N) is 1. The molecule has 0 atom stereocenters. The topological polar surface area (TPSA) is 49.4 Å². The summed E-state index contributed by atoms with van der Waals surface area (Å²) in [5, 5.41) is 2.66. The quantitative estimate of drug-likeness (QED) is 0.834. The standard InChI is InChI=1S/C12H19ClN2O2/c1-4-12(5-2)11(17)14-7-10(16)15(12)8-9(3)6-13/h6H,4-5,7-8H2,1-3H3,(H,14,17). The average Bonchev–Trinajstić information content (AvgIpc) is 2.35. The Morgan fingerprint density at radius 3 is 2.53 bits per heavy atom. The van der Waals surface area contributed by atoms with Crippen molar-refractivity contribution in [3.05, 3.63) is 11.1 Å². The normalized spacial score (nSPS) is 20.5. The highest BCUT2D eigenvalue weighted by molar-refractivity contribution is 6.25. The molecule has 17 heavy (non-hydrogen) atoms. The summed E-state index contributed by atoms with van der Waals surface area (Å²) in [6.45, 7) is 6.19. The Hall–Kier alpha value is -1.03. The molecule has 0 aromatic rings. The highest BCUT2D eigenvalue weighted by Gasteiger charge is 2.46. The summed E-state index contributed by atoms with van der Waals surface area (Å²) in [5.74, 6) is -0.115. The van der Waals surface area contributed by atoms with Gasteiger partial charge in [-0.2, -0.15) is 0 Å². The van der Waals surface area contributed by atoms with E-state index in [-0.39, 0.29) is 18.4 Å². The van der Waals surface area contributed by atoms with Crippen molar-refractivity contribution in [1.82, 2.24) is 10.2 Å². The lowest BCUT2D eigenvalue weighted by atomic mass is 9.87. The first-order valence-corrected chi connectivity index (χ1v) is 6.30. The number of piperazine rings is 1. The van der Waals surface area contributed by atoms with Gasteiger partial charge in [0.15, 0.2) is 0 Å². The number of carbonyl (C=O) groups excluding carboxylic acids is 2. The monoisotopic (exact) mass is 258 g/mol. The molecule has 0 aromatic carbocycles. The number of hydrogen-bond donors (Lipinski definition) is 1. The Balaban J connectivity index is 3.08. The fourth-order valence-electron chi connectivity index (χ4n) is 2.25. The molecule has 1 aliphatic heterocycles. The van der Waals surface area contributed by atoms with E-state index in [1.54, 1.807) is 4.90 Å². The van der Waals surface area contributed by atoms with Gasteiger partial charge in [-0.15, -0.1) is 0 Å². The maximum atomic E-state index is 12.0. The zero-order valence-corrected chi connectivity index (χ0v) is 11.3. The molecule has 1 N–H and O–H groups in total. The number of nitrogens with zero attached hydrogens (tertiary/aromatic N) is 1. The third-order valence-corrected chi connectivity index (χ3v) is 3.78. The second-order valence-corrected chi connectivity index (χ2v) is 4.57. The third kappa shape index (κ3) is 2.46. The van der Waals surface area contributed by atoms with Crippen molar-refractivity contribution in [1.29, 1.82) is 0 Å². The summed E-state index contributed by atoms with van der Waals surface area (Å²) in [6.07, 6.45) is 1.22. The Morgan fingerprint density at radius 1 is 1.47 bits per heavy atom. The fourth-order valence-corrected chi connectivity index (χ4v) is 2.32. The van der Waals surface area contributed by atoms with Crippen LogP contribution in [-0.4, -0.2) is 35.3 Å². The summed E-state index contributed by atoms with van der Waals surface area (Å²) < 4.78 is 0. The van der Waals surface area contributed by atoms with Gasteiger partial charge in [0.05, 0.1) is 6.54 Å². The maximum absolute atomic E-state index is 12.0. The second-order valence-electron chi connectivity index (χ2n) is 4.36. The Labute approximate surface area is 107 Å². The van der Waals surface area contributed by atoms with Gasteiger partial charge in [0.2, 0.25) is 11.8 Å². The van der Waals surface area contributed by atoms with Crippen LogP contribution in [0, 0.1) is 0 Å². The van der Waals surface area contributed by atoms with Crippen LogP contribution < -0.4 is 5.32 Å². The molecule has 0 aliphatic carbocycles. The minimum Gasteiger partial charge on any atom is -0.345 e. The molecule has 4 nitrogen and oxygen atoms in total. The Bertz CT molecular complexity index is 348. The van der Waals surface area contributed by atoms with Gasteiger partial charge >= 0.3 is 0 Å². The predicted octanol–water partition coefficient (Wildman–Crippen LogP) is 1.65. The van der Waals surface area contributed by atoms with Crippen LogP contribution in [0.15, 0.2) is 11.1 Å². The predicted molar refractivity (Wildman–Crippen MR) is 67.6 cm³/mol. The van der Waals surface area contributed by atoms with Crippen LogP contribution in [0.5, 0.6) is 0 Å². The lowest BCUT2D eigenvalue weighted by Gasteiger charge is -2.45. The van der Waals surface area contributed by atoms with Crippen LogP contribution in [0.25, 0.3) is 0 Å². The minimum absolute atomic E-state index is 0.0498. The number of carbonyl (C=O) groups is 2. The molecule has 1 fully saturated rings. The van der Waals surface area contributed by atoms with E-state index in [4.69, 9.17) is 11.6 Å². The summed E-state index contributed by atoms with van der Waals surface area (Å²) in [5.41, 5.74) is 1.60. The second kappa shape index (κ2) is 5.54. The molecule has 0 spiro atoms. The molecule has 0 radical (unpaired) electrons. The summed E-state index contributed by atoms with van der Waals surface area (Å²) in [6, 6.07) is 0. The molecule has 1 heterocycles. The van der Waals surface area contributed by atoms with Crippen LogP contribution >= 0.6 is 11.6 Å². The van der Waals surface area contributed by atoms with Gasteiger partial charge < -0.3 is 10.2 Å². The molecule has 5 heteroatoms. The zero-order valence-electron chi connectivity index (χ0n) is 10.5. The smallest absolute Gasteiger partial charge is 0.246 e. The number of hydrogen-bond acceptors (Lipinski definition) is 2. The number of halogens is 1. The van der Waals surface area contributed by atoms with Gasteiger partial charge in [-0.25, -0.2) is 0 Å². The van der Waals surface area contributed by atoms with Crippen LogP contribution in [0.2, 0.25) is 0 Å². The highest BCUT2D eigenvalue weighted by Crippen LogP contribution is 2.28. The fraction of sp³-hybridized carbons (Fsp3) is 0.667. The van der Waals surface area contributed by atoms with Crippen LogP contribution in [0.3, 0.4) is 0 Å². The average molecular weight is 259 g/mol. The molecule has 1 rings (SSSR count). The maximum Gasteiger partial charge on any atom is 0.246 e. The van der Waals surface area contributed by atoms with E-state index < -0.39 is 5.54 Å². The first-order chi connectivity index (χ1) is 8.01. The molecule has 96 valence electrons. The first kappa shape index (κ1) is 14.0. The van der Waals surface area contributed by atoms with Crippen LogP contribution in [-0.2, 0) is 9.59 Å². The lowest BCUT2D eigenvalue weighted by molar-refractivity contribution is -0.153. The van der Waals surface area contributed by atoms with Gasteiger partial charge in [0, 0.05) is 12.1 Å². The minimum atomic E-state index is -0.726. The van der Waals surface area contributed by atoms with Crippen molar-refractivity contribution >= 4 is 23.4 Å². The molecule has 0 bridgehead atoms. The van der Waals surface area contributed by atoms with Crippen molar-refractivity contribution in [2.45, 2.75) is 39.2 Å².